The second-order valence-electron chi connectivity index (χ2n) is 15.8. The first-order chi connectivity index (χ1) is 16.7. The first kappa shape index (κ1) is 28.2. The van der Waals surface area contributed by atoms with E-state index in [1.54, 1.807) is 0 Å². The van der Waals surface area contributed by atoms with Gasteiger partial charge in [-0.1, -0.05) is 67.5 Å². The number of hydrogen-bond donors (Lipinski definition) is 1. The minimum atomic E-state index is 0.353. The molecule has 4 aliphatic carbocycles. The van der Waals surface area contributed by atoms with E-state index in [9.17, 15) is 0 Å². The van der Waals surface area contributed by atoms with Crippen LogP contribution in [0.4, 0.5) is 0 Å². The van der Waals surface area contributed by atoms with Gasteiger partial charge in [-0.15, -0.1) is 0 Å². The molecular weight excluding hydrogens is 436 g/mol. The Morgan fingerprint density at radius 1 is 0.944 bits per heavy atom. The second-order valence-corrected chi connectivity index (χ2v) is 15.8. The van der Waals surface area contributed by atoms with Crippen molar-refractivity contribution >= 4 is 6.21 Å². The summed E-state index contributed by atoms with van der Waals surface area (Å²) in [5, 5.41) is 4.32. The fraction of sp³-hybridized carbons (Fsp3) is 0.912. The number of rotatable bonds is 6. The van der Waals surface area contributed by atoms with Crippen molar-refractivity contribution in [2.75, 3.05) is 6.54 Å². The maximum atomic E-state index is 4.51. The molecule has 0 aromatic heterocycles. The third-order valence-electron chi connectivity index (χ3n) is 14.3. The number of nitrogens with zero attached hydrogens (tertiary/aromatic N) is 1. The molecule has 2 heteroatoms. The summed E-state index contributed by atoms with van der Waals surface area (Å²) < 4.78 is 0. The summed E-state index contributed by atoms with van der Waals surface area (Å²) in [5.74, 6) is 4.71. The third kappa shape index (κ3) is 3.97. The molecule has 0 aromatic carbocycles. The average Bonchev–Trinajstić information content (AvgIpc) is 2.80. The third-order valence-corrected chi connectivity index (χ3v) is 14.3. The van der Waals surface area contributed by atoms with E-state index < -0.39 is 0 Å². The van der Waals surface area contributed by atoms with Crippen molar-refractivity contribution in [1.29, 1.82) is 0 Å². The van der Waals surface area contributed by atoms with Crippen molar-refractivity contribution in [2.24, 2.45) is 67.7 Å². The minimum absolute atomic E-state index is 0.353. The van der Waals surface area contributed by atoms with Crippen LogP contribution in [0.5, 0.6) is 0 Å². The number of hydrazone groups is 1. The second kappa shape index (κ2) is 9.44. The molecule has 2 nitrogen and oxygen atoms in total. The monoisotopic (exact) mass is 496 g/mol. The molecule has 4 fully saturated rings. The number of allylic oxidation sites excluding steroid dienone is 1. The molecule has 0 saturated heterocycles. The molecule has 10 atom stereocenters. The molecule has 0 bridgehead atoms. The highest BCUT2D eigenvalue weighted by molar-refractivity contribution is 5.52. The lowest BCUT2D eigenvalue weighted by atomic mass is 9.31. The summed E-state index contributed by atoms with van der Waals surface area (Å²) in [6.07, 6.45) is 14.5. The van der Waals surface area contributed by atoms with Crippen molar-refractivity contribution in [1.82, 2.24) is 5.43 Å². The molecule has 10 unspecified atom stereocenters. The van der Waals surface area contributed by atoms with Gasteiger partial charge in [0, 0.05) is 12.8 Å². The quantitative estimate of drug-likeness (QED) is 0.168. The van der Waals surface area contributed by atoms with Crippen LogP contribution in [0.25, 0.3) is 0 Å². The molecule has 0 amide bonds. The summed E-state index contributed by atoms with van der Waals surface area (Å²) >= 11 is 0. The van der Waals surface area contributed by atoms with Crippen LogP contribution in [-0.4, -0.2) is 12.8 Å². The maximum Gasteiger partial charge on any atom is 0.0334 e. The van der Waals surface area contributed by atoms with E-state index in [1.165, 1.54) is 63.4 Å². The lowest BCUT2D eigenvalue weighted by Crippen LogP contribution is -2.66. The highest BCUT2D eigenvalue weighted by Crippen LogP contribution is 2.76. The van der Waals surface area contributed by atoms with Crippen LogP contribution in [-0.2, 0) is 0 Å². The van der Waals surface area contributed by atoms with Gasteiger partial charge in [0.15, 0.2) is 0 Å². The van der Waals surface area contributed by atoms with Crippen molar-refractivity contribution in [3.8, 4) is 0 Å². The lowest BCUT2D eigenvalue weighted by Gasteiger charge is -2.73. The summed E-state index contributed by atoms with van der Waals surface area (Å²) in [7, 11) is 0. The van der Waals surface area contributed by atoms with Gasteiger partial charge >= 0.3 is 0 Å². The van der Waals surface area contributed by atoms with Gasteiger partial charge in [-0.05, 0) is 134 Å². The Bertz CT molecular complexity index is 857. The molecule has 0 radical (unpaired) electrons. The molecule has 4 saturated carbocycles. The van der Waals surface area contributed by atoms with Gasteiger partial charge in [0.2, 0.25) is 0 Å². The van der Waals surface area contributed by atoms with E-state index in [1.807, 2.05) is 13.1 Å². The van der Waals surface area contributed by atoms with Gasteiger partial charge in [0.05, 0.1) is 0 Å². The molecule has 1 N–H and O–H groups in total. The Morgan fingerprint density at radius 2 is 1.64 bits per heavy atom. The highest BCUT2D eigenvalue weighted by Gasteiger charge is 2.69. The Morgan fingerprint density at radius 3 is 2.28 bits per heavy atom. The molecule has 0 spiro atoms. The van der Waals surface area contributed by atoms with Gasteiger partial charge in [0.25, 0.3) is 0 Å². The van der Waals surface area contributed by atoms with Crippen molar-refractivity contribution in [3.05, 3.63) is 12.2 Å². The van der Waals surface area contributed by atoms with E-state index in [-0.39, 0.29) is 0 Å². The molecule has 36 heavy (non-hydrogen) atoms. The predicted molar refractivity (Wildman–Crippen MR) is 157 cm³/mol. The Labute approximate surface area is 224 Å². The summed E-state index contributed by atoms with van der Waals surface area (Å²) in [5.41, 5.74) is 6.94. The van der Waals surface area contributed by atoms with Crippen LogP contribution in [0.3, 0.4) is 0 Å². The zero-order valence-corrected chi connectivity index (χ0v) is 25.8. The van der Waals surface area contributed by atoms with E-state index in [0.29, 0.717) is 38.9 Å². The van der Waals surface area contributed by atoms with Crippen LogP contribution in [0.15, 0.2) is 17.3 Å². The fourth-order valence-corrected chi connectivity index (χ4v) is 11.4. The number of nitrogens with one attached hydrogen (secondary N) is 1. The molecule has 4 rings (SSSR count). The SMILES string of the molecule is C=C(C)C(C)C1C2CCC3C4(C)CCC(C)C(C)(C)C4CCC3(C)C2(C)CCC1(C)CCN/N=C\C. The average molecular weight is 497 g/mol. The number of fused-ring (bicyclic) bond motifs is 5. The first-order valence-corrected chi connectivity index (χ1v) is 15.5. The maximum absolute atomic E-state index is 4.51. The number of hydrogen-bond acceptors (Lipinski definition) is 2. The van der Waals surface area contributed by atoms with Gasteiger partial charge in [-0.3, -0.25) is 0 Å². The Kier molecular flexibility index (Phi) is 7.40. The van der Waals surface area contributed by atoms with Gasteiger partial charge in [-0.25, -0.2) is 0 Å². The highest BCUT2D eigenvalue weighted by atomic mass is 15.3. The standard InChI is InChI=1S/C34H60N2/c1-12-35-36-22-21-31(8)19-20-33(10)26(29(31)25(5)23(2)3)13-14-28-32(9)17-15-24(4)30(6,7)27(32)16-18-34(28,33)11/h12,24-29,36H,2,13-22H2,1,3-11H3/b35-12-. The van der Waals surface area contributed by atoms with E-state index >= 15 is 0 Å². The van der Waals surface area contributed by atoms with Crippen LogP contribution in [0, 0.1) is 62.6 Å². The van der Waals surface area contributed by atoms with Crippen molar-refractivity contribution < 1.29 is 0 Å². The topological polar surface area (TPSA) is 24.4 Å². The van der Waals surface area contributed by atoms with Crippen LogP contribution in [0.1, 0.15) is 127 Å². The zero-order chi connectivity index (χ0) is 26.7. The molecule has 4 aliphatic rings. The Balaban J connectivity index is 1.70. The summed E-state index contributed by atoms with van der Waals surface area (Å²) in [6, 6.07) is 0. The molecule has 0 aromatic rings. The summed E-state index contributed by atoms with van der Waals surface area (Å²) in [4.78, 5) is 0. The first-order valence-electron chi connectivity index (χ1n) is 15.5. The smallest absolute Gasteiger partial charge is 0.0334 e. The minimum Gasteiger partial charge on any atom is -0.310 e. The van der Waals surface area contributed by atoms with E-state index in [0.717, 1.165) is 30.2 Å². The molecule has 0 heterocycles. The van der Waals surface area contributed by atoms with Crippen LogP contribution in [0.2, 0.25) is 0 Å². The van der Waals surface area contributed by atoms with Crippen molar-refractivity contribution in [2.45, 2.75) is 127 Å². The van der Waals surface area contributed by atoms with Gasteiger partial charge in [-0.2, -0.15) is 5.10 Å². The fourth-order valence-electron chi connectivity index (χ4n) is 11.4. The predicted octanol–water partition coefficient (Wildman–Crippen LogP) is 9.51. The normalized spacial score (nSPS) is 49.0. The molecular formula is C34H60N2. The van der Waals surface area contributed by atoms with Gasteiger partial charge in [0.1, 0.15) is 0 Å². The molecule has 0 aliphatic heterocycles. The molecule has 206 valence electrons. The zero-order valence-electron chi connectivity index (χ0n) is 25.8. The van der Waals surface area contributed by atoms with E-state index in [2.05, 4.69) is 79.4 Å². The van der Waals surface area contributed by atoms with Crippen LogP contribution >= 0.6 is 0 Å². The van der Waals surface area contributed by atoms with Gasteiger partial charge < -0.3 is 5.43 Å². The largest absolute Gasteiger partial charge is 0.310 e. The lowest BCUT2D eigenvalue weighted by molar-refractivity contribution is -0.244. The van der Waals surface area contributed by atoms with Crippen LogP contribution < -0.4 is 5.43 Å². The van der Waals surface area contributed by atoms with Crippen molar-refractivity contribution in [3.63, 3.8) is 0 Å². The van der Waals surface area contributed by atoms with E-state index in [4.69, 9.17) is 0 Å². The summed E-state index contributed by atoms with van der Waals surface area (Å²) in [6.45, 7) is 31.0. The Hall–Kier alpha value is -0.790.